The van der Waals surface area contributed by atoms with E-state index in [1.165, 1.54) is 0 Å². The quantitative estimate of drug-likeness (QED) is 0.713. The summed E-state index contributed by atoms with van der Waals surface area (Å²) in [5.74, 6) is -0.313. The monoisotopic (exact) mass is 257 g/mol. The molecule has 0 aromatic carbocycles. The SMILES string of the molecule is CON1C(C)(C)CC(C(=O)OC(C)(C)C)C1(C)C. The first-order valence-corrected chi connectivity index (χ1v) is 6.49. The van der Waals surface area contributed by atoms with Gasteiger partial charge in [-0.15, -0.1) is 0 Å². The highest BCUT2D eigenvalue weighted by Crippen LogP contribution is 2.45. The zero-order valence-electron chi connectivity index (χ0n) is 13.0. The molecule has 106 valence electrons. The topological polar surface area (TPSA) is 38.8 Å². The maximum atomic E-state index is 12.3. The Labute approximate surface area is 111 Å². The van der Waals surface area contributed by atoms with Gasteiger partial charge in [0.2, 0.25) is 0 Å². The Kier molecular flexibility index (Phi) is 3.86. The molecule has 1 fully saturated rings. The van der Waals surface area contributed by atoms with Gasteiger partial charge in [0, 0.05) is 5.54 Å². The maximum absolute atomic E-state index is 12.3. The van der Waals surface area contributed by atoms with Crippen molar-refractivity contribution in [3.63, 3.8) is 0 Å². The number of hydrogen-bond acceptors (Lipinski definition) is 4. The minimum absolute atomic E-state index is 0.139. The van der Waals surface area contributed by atoms with Gasteiger partial charge in [-0.2, -0.15) is 5.06 Å². The van der Waals surface area contributed by atoms with E-state index in [-0.39, 0.29) is 23.0 Å². The molecule has 0 radical (unpaired) electrons. The van der Waals surface area contributed by atoms with Crippen molar-refractivity contribution in [1.82, 2.24) is 5.06 Å². The van der Waals surface area contributed by atoms with E-state index >= 15 is 0 Å². The number of hydroxylamine groups is 2. The van der Waals surface area contributed by atoms with E-state index < -0.39 is 5.60 Å². The van der Waals surface area contributed by atoms with Crippen LogP contribution in [0.2, 0.25) is 0 Å². The summed E-state index contributed by atoms with van der Waals surface area (Å²) in [5.41, 5.74) is -0.974. The molecular weight excluding hydrogens is 230 g/mol. The predicted octanol–water partition coefficient (Wildman–Crippen LogP) is 2.77. The van der Waals surface area contributed by atoms with Crippen LogP contribution in [0.4, 0.5) is 0 Å². The molecule has 0 aliphatic carbocycles. The van der Waals surface area contributed by atoms with Crippen LogP contribution in [0.15, 0.2) is 0 Å². The van der Waals surface area contributed by atoms with E-state index in [9.17, 15) is 4.79 Å². The standard InChI is InChI=1S/C14H27NO3/c1-12(2,3)18-11(16)10-9-13(4,5)15(17-8)14(10,6)7/h10H,9H2,1-8H3. The Morgan fingerprint density at radius 3 is 2.06 bits per heavy atom. The van der Waals surface area contributed by atoms with Crippen LogP contribution in [0.3, 0.4) is 0 Å². The van der Waals surface area contributed by atoms with Crippen LogP contribution >= 0.6 is 0 Å². The predicted molar refractivity (Wildman–Crippen MR) is 71.0 cm³/mol. The van der Waals surface area contributed by atoms with Crippen molar-refractivity contribution in [1.29, 1.82) is 0 Å². The molecule has 1 aliphatic rings. The fourth-order valence-corrected chi connectivity index (χ4v) is 2.98. The zero-order chi connectivity index (χ0) is 14.4. The number of esters is 1. The third-order valence-corrected chi connectivity index (χ3v) is 3.50. The Balaban J connectivity index is 2.95. The molecule has 0 aromatic rings. The van der Waals surface area contributed by atoms with Gasteiger partial charge in [-0.3, -0.25) is 4.79 Å². The smallest absolute Gasteiger partial charge is 0.311 e. The van der Waals surface area contributed by atoms with Crippen LogP contribution in [0.1, 0.15) is 54.9 Å². The molecule has 1 unspecified atom stereocenters. The fraction of sp³-hybridized carbons (Fsp3) is 0.929. The fourth-order valence-electron chi connectivity index (χ4n) is 2.98. The Morgan fingerprint density at radius 1 is 1.22 bits per heavy atom. The molecule has 0 bridgehead atoms. The number of carbonyl (C=O) groups excluding carboxylic acids is 1. The van der Waals surface area contributed by atoms with Crippen molar-refractivity contribution >= 4 is 5.97 Å². The summed E-state index contributed by atoms with van der Waals surface area (Å²) in [6, 6.07) is 0. The normalized spacial score (nSPS) is 27.2. The Morgan fingerprint density at radius 2 is 1.72 bits per heavy atom. The number of hydrogen-bond donors (Lipinski definition) is 0. The molecule has 1 rings (SSSR count). The molecule has 1 heterocycles. The summed E-state index contributed by atoms with van der Waals surface area (Å²) in [6.07, 6.45) is 0.739. The number of rotatable bonds is 2. The van der Waals surface area contributed by atoms with Crippen molar-refractivity contribution in [3.8, 4) is 0 Å². The van der Waals surface area contributed by atoms with Gasteiger partial charge in [0.05, 0.1) is 18.6 Å². The third kappa shape index (κ3) is 2.86. The average molecular weight is 257 g/mol. The third-order valence-electron chi connectivity index (χ3n) is 3.50. The van der Waals surface area contributed by atoms with E-state index in [0.29, 0.717) is 0 Å². The average Bonchev–Trinajstić information content (AvgIpc) is 2.28. The summed E-state index contributed by atoms with van der Waals surface area (Å²) in [6.45, 7) is 13.9. The summed E-state index contributed by atoms with van der Waals surface area (Å²) in [5, 5.41) is 1.91. The number of nitrogens with zero attached hydrogens (tertiary/aromatic N) is 1. The molecule has 0 spiro atoms. The largest absolute Gasteiger partial charge is 0.460 e. The lowest BCUT2D eigenvalue weighted by molar-refractivity contribution is -0.225. The lowest BCUT2D eigenvalue weighted by atomic mass is 9.87. The first-order chi connectivity index (χ1) is 7.92. The molecule has 4 heteroatoms. The molecule has 1 aliphatic heterocycles. The van der Waals surface area contributed by atoms with Crippen LogP contribution in [0.5, 0.6) is 0 Å². The van der Waals surface area contributed by atoms with Crippen molar-refractivity contribution in [3.05, 3.63) is 0 Å². The minimum Gasteiger partial charge on any atom is -0.460 e. The first kappa shape index (κ1) is 15.4. The molecule has 4 nitrogen and oxygen atoms in total. The lowest BCUT2D eigenvalue weighted by Crippen LogP contribution is -2.50. The highest BCUT2D eigenvalue weighted by molar-refractivity contribution is 5.75. The second kappa shape index (κ2) is 4.49. The van der Waals surface area contributed by atoms with Crippen molar-refractivity contribution < 1.29 is 14.4 Å². The van der Waals surface area contributed by atoms with Crippen molar-refractivity contribution in [2.45, 2.75) is 71.6 Å². The van der Waals surface area contributed by atoms with Gasteiger partial charge in [0.15, 0.2) is 0 Å². The Bertz CT molecular complexity index is 328. The zero-order valence-corrected chi connectivity index (χ0v) is 13.0. The lowest BCUT2D eigenvalue weighted by Gasteiger charge is -2.38. The van der Waals surface area contributed by atoms with Crippen LogP contribution in [-0.4, -0.2) is 34.8 Å². The van der Waals surface area contributed by atoms with Crippen LogP contribution in [0.25, 0.3) is 0 Å². The van der Waals surface area contributed by atoms with Crippen molar-refractivity contribution in [2.24, 2.45) is 5.92 Å². The molecule has 0 N–H and O–H groups in total. The van der Waals surface area contributed by atoms with Gasteiger partial charge in [-0.25, -0.2) is 0 Å². The molecule has 0 amide bonds. The molecule has 18 heavy (non-hydrogen) atoms. The van der Waals surface area contributed by atoms with Gasteiger partial charge >= 0.3 is 5.97 Å². The van der Waals surface area contributed by atoms with Gasteiger partial charge in [-0.1, -0.05) is 0 Å². The van der Waals surface area contributed by atoms with Crippen LogP contribution in [-0.2, 0) is 14.4 Å². The van der Waals surface area contributed by atoms with E-state index in [2.05, 4.69) is 13.8 Å². The maximum Gasteiger partial charge on any atom is 0.311 e. The molecular formula is C14H27NO3. The highest BCUT2D eigenvalue weighted by Gasteiger charge is 2.56. The van der Waals surface area contributed by atoms with Crippen LogP contribution < -0.4 is 0 Å². The van der Waals surface area contributed by atoms with Gasteiger partial charge in [0.1, 0.15) is 5.60 Å². The van der Waals surface area contributed by atoms with Gasteiger partial charge in [-0.05, 0) is 54.9 Å². The van der Waals surface area contributed by atoms with Crippen molar-refractivity contribution in [2.75, 3.05) is 7.11 Å². The summed E-state index contributed by atoms with van der Waals surface area (Å²) >= 11 is 0. The molecule has 0 aromatic heterocycles. The second-order valence-electron chi connectivity index (χ2n) is 7.23. The molecule has 1 atom stereocenters. The molecule has 0 saturated carbocycles. The number of ether oxygens (including phenoxy) is 1. The summed E-state index contributed by atoms with van der Waals surface area (Å²) in [7, 11) is 1.65. The minimum atomic E-state index is -0.447. The first-order valence-electron chi connectivity index (χ1n) is 6.49. The molecule has 1 saturated heterocycles. The Hall–Kier alpha value is -0.610. The van der Waals surface area contributed by atoms with E-state index in [4.69, 9.17) is 9.57 Å². The summed E-state index contributed by atoms with van der Waals surface area (Å²) in [4.78, 5) is 17.8. The van der Waals surface area contributed by atoms with E-state index in [1.807, 2.05) is 39.7 Å². The van der Waals surface area contributed by atoms with E-state index in [1.54, 1.807) is 7.11 Å². The summed E-state index contributed by atoms with van der Waals surface area (Å²) < 4.78 is 5.52. The van der Waals surface area contributed by atoms with Gasteiger partial charge in [0.25, 0.3) is 0 Å². The highest BCUT2D eigenvalue weighted by atomic mass is 16.7. The van der Waals surface area contributed by atoms with E-state index in [0.717, 1.165) is 6.42 Å². The second-order valence-corrected chi connectivity index (χ2v) is 7.23. The number of carbonyl (C=O) groups is 1. The van der Waals surface area contributed by atoms with Crippen LogP contribution in [0, 0.1) is 5.92 Å². The van der Waals surface area contributed by atoms with Gasteiger partial charge < -0.3 is 9.57 Å².